The zero-order valence-corrected chi connectivity index (χ0v) is 10.7. The Labute approximate surface area is 106 Å². The zero-order chi connectivity index (χ0) is 13.3. The molecule has 3 heteroatoms. The average Bonchev–Trinajstić information content (AvgIpc) is 2.27. The molecule has 0 fully saturated rings. The van der Waals surface area contributed by atoms with Gasteiger partial charge in [-0.3, -0.25) is 4.98 Å². The average molecular weight is 245 g/mol. The summed E-state index contributed by atoms with van der Waals surface area (Å²) in [5.41, 5.74) is 2.19. The molecule has 0 aliphatic carbocycles. The standard InChI is InChI=1S/C15H16FNO/c1-10-4-11(7-14(16)5-10)12-6-13(9-17-8-12)15(2,3)18/h4-9,18H,1-3H3. The van der Waals surface area contributed by atoms with Crippen molar-refractivity contribution < 1.29 is 9.50 Å². The van der Waals surface area contributed by atoms with Gasteiger partial charge >= 0.3 is 0 Å². The van der Waals surface area contributed by atoms with Crippen LogP contribution in [0.15, 0.2) is 36.7 Å². The Kier molecular flexibility index (Phi) is 3.18. The van der Waals surface area contributed by atoms with Crippen molar-refractivity contribution in [3.63, 3.8) is 0 Å². The summed E-state index contributed by atoms with van der Waals surface area (Å²) >= 11 is 0. The largest absolute Gasteiger partial charge is 0.386 e. The maximum Gasteiger partial charge on any atom is 0.124 e. The Bertz CT molecular complexity index is 553. The summed E-state index contributed by atoms with van der Waals surface area (Å²) in [4.78, 5) is 4.10. The second kappa shape index (κ2) is 4.50. The maximum absolute atomic E-state index is 13.4. The second-order valence-corrected chi connectivity index (χ2v) is 5.04. The first-order chi connectivity index (χ1) is 8.36. The Morgan fingerprint density at radius 2 is 1.78 bits per heavy atom. The van der Waals surface area contributed by atoms with Gasteiger partial charge in [0.25, 0.3) is 0 Å². The fourth-order valence-electron chi connectivity index (χ4n) is 1.84. The predicted octanol–water partition coefficient (Wildman–Crippen LogP) is 3.42. The number of hydrogen-bond donors (Lipinski definition) is 1. The molecule has 2 rings (SSSR count). The fourth-order valence-corrected chi connectivity index (χ4v) is 1.84. The summed E-state index contributed by atoms with van der Waals surface area (Å²) in [7, 11) is 0. The van der Waals surface area contributed by atoms with Crippen LogP contribution in [0.1, 0.15) is 25.0 Å². The Balaban J connectivity index is 2.51. The van der Waals surface area contributed by atoms with Crippen molar-refractivity contribution in [3.05, 3.63) is 53.6 Å². The van der Waals surface area contributed by atoms with Crippen LogP contribution in [0.4, 0.5) is 4.39 Å². The molecule has 0 atom stereocenters. The van der Waals surface area contributed by atoms with Crippen LogP contribution >= 0.6 is 0 Å². The minimum absolute atomic E-state index is 0.265. The lowest BCUT2D eigenvalue weighted by molar-refractivity contribution is 0.0783. The number of halogens is 1. The van der Waals surface area contributed by atoms with Gasteiger partial charge in [-0.15, -0.1) is 0 Å². The maximum atomic E-state index is 13.4. The molecule has 0 aliphatic rings. The molecule has 0 amide bonds. The second-order valence-electron chi connectivity index (χ2n) is 5.04. The predicted molar refractivity (Wildman–Crippen MR) is 69.6 cm³/mol. The van der Waals surface area contributed by atoms with Gasteiger partial charge in [0, 0.05) is 23.5 Å². The molecule has 0 saturated heterocycles. The third-order valence-electron chi connectivity index (χ3n) is 2.82. The molecular formula is C15H16FNO. The molecule has 0 bridgehead atoms. The summed E-state index contributed by atoms with van der Waals surface area (Å²) in [6, 6.07) is 6.68. The van der Waals surface area contributed by atoms with Crippen LogP contribution in [-0.2, 0) is 5.60 Å². The number of hydrogen-bond acceptors (Lipinski definition) is 2. The number of pyridine rings is 1. The number of rotatable bonds is 2. The SMILES string of the molecule is Cc1cc(F)cc(-c2cncc(C(C)(C)O)c2)c1. The highest BCUT2D eigenvalue weighted by atomic mass is 19.1. The Morgan fingerprint density at radius 1 is 1.06 bits per heavy atom. The number of aromatic nitrogens is 1. The highest BCUT2D eigenvalue weighted by molar-refractivity contribution is 5.64. The van der Waals surface area contributed by atoms with E-state index in [4.69, 9.17) is 0 Å². The molecule has 94 valence electrons. The van der Waals surface area contributed by atoms with Crippen molar-refractivity contribution >= 4 is 0 Å². The molecule has 1 aromatic carbocycles. The van der Waals surface area contributed by atoms with Crippen molar-refractivity contribution in [1.82, 2.24) is 4.98 Å². The summed E-state index contributed by atoms with van der Waals surface area (Å²) in [6.07, 6.45) is 3.29. The first-order valence-corrected chi connectivity index (χ1v) is 5.82. The third-order valence-corrected chi connectivity index (χ3v) is 2.82. The van der Waals surface area contributed by atoms with Gasteiger partial charge in [0.2, 0.25) is 0 Å². The van der Waals surface area contributed by atoms with Crippen LogP contribution in [0.3, 0.4) is 0 Å². The van der Waals surface area contributed by atoms with Crippen LogP contribution in [0, 0.1) is 12.7 Å². The summed E-state index contributed by atoms with van der Waals surface area (Å²) in [6.45, 7) is 5.25. The van der Waals surface area contributed by atoms with Crippen molar-refractivity contribution in [2.45, 2.75) is 26.4 Å². The minimum Gasteiger partial charge on any atom is -0.386 e. The lowest BCUT2D eigenvalue weighted by Gasteiger charge is -2.18. The van der Waals surface area contributed by atoms with Crippen LogP contribution in [-0.4, -0.2) is 10.1 Å². The molecule has 1 N–H and O–H groups in total. The quantitative estimate of drug-likeness (QED) is 0.879. The van der Waals surface area contributed by atoms with Crippen molar-refractivity contribution in [1.29, 1.82) is 0 Å². The highest BCUT2D eigenvalue weighted by Gasteiger charge is 2.17. The number of benzene rings is 1. The zero-order valence-electron chi connectivity index (χ0n) is 10.7. The minimum atomic E-state index is -0.953. The number of nitrogens with zero attached hydrogens (tertiary/aromatic N) is 1. The third kappa shape index (κ3) is 2.74. The lowest BCUT2D eigenvalue weighted by Crippen LogP contribution is -2.15. The first-order valence-electron chi connectivity index (χ1n) is 5.82. The number of aryl methyl sites for hydroxylation is 1. The molecule has 1 heterocycles. The number of aliphatic hydroxyl groups is 1. The summed E-state index contributed by atoms with van der Waals surface area (Å²) in [5, 5.41) is 9.96. The van der Waals surface area contributed by atoms with Gasteiger partial charge in [0.15, 0.2) is 0 Å². The molecule has 1 aromatic heterocycles. The van der Waals surface area contributed by atoms with Crippen molar-refractivity contribution in [2.75, 3.05) is 0 Å². The normalized spacial score (nSPS) is 11.6. The molecule has 0 saturated carbocycles. The van der Waals surface area contributed by atoms with E-state index >= 15 is 0 Å². The van der Waals surface area contributed by atoms with E-state index in [0.29, 0.717) is 5.56 Å². The van der Waals surface area contributed by atoms with E-state index in [1.54, 1.807) is 26.2 Å². The van der Waals surface area contributed by atoms with E-state index in [0.717, 1.165) is 16.7 Å². The molecule has 0 aliphatic heterocycles. The fraction of sp³-hybridized carbons (Fsp3) is 0.267. The molecule has 0 spiro atoms. The Hall–Kier alpha value is -1.74. The van der Waals surface area contributed by atoms with Gasteiger partial charge in [-0.05, 0) is 50.1 Å². The van der Waals surface area contributed by atoms with E-state index in [-0.39, 0.29) is 5.82 Å². The van der Waals surface area contributed by atoms with E-state index in [2.05, 4.69) is 4.98 Å². The van der Waals surface area contributed by atoms with E-state index in [9.17, 15) is 9.50 Å². The van der Waals surface area contributed by atoms with Gasteiger partial charge in [-0.2, -0.15) is 0 Å². The lowest BCUT2D eigenvalue weighted by atomic mass is 9.96. The molecule has 0 radical (unpaired) electrons. The van der Waals surface area contributed by atoms with Gasteiger partial charge in [0.1, 0.15) is 5.82 Å². The highest BCUT2D eigenvalue weighted by Crippen LogP contribution is 2.26. The molecular weight excluding hydrogens is 229 g/mol. The van der Waals surface area contributed by atoms with E-state index in [1.165, 1.54) is 12.1 Å². The van der Waals surface area contributed by atoms with E-state index < -0.39 is 5.60 Å². The van der Waals surface area contributed by atoms with Gasteiger partial charge < -0.3 is 5.11 Å². The Morgan fingerprint density at radius 3 is 2.39 bits per heavy atom. The molecule has 0 unspecified atom stereocenters. The molecule has 2 aromatic rings. The summed E-state index contributed by atoms with van der Waals surface area (Å²) in [5.74, 6) is -0.265. The van der Waals surface area contributed by atoms with E-state index in [1.807, 2.05) is 19.1 Å². The molecule has 2 nitrogen and oxygen atoms in total. The molecule has 18 heavy (non-hydrogen) atoms. The smallest absolute Gasteiger partial charge is 0.124 e. The first kappa shape index (κ1) is 12.7. The van der Waals surface area contributed by atoms with Crippen LogP contribution in [0.2, 0.25) is 0 Å². The summed E-state index contributed by atoms with van der Waals surface area (Å²) < 4.78 is 13.4. The van der Waals surface area contributed by atoms with Gasteiger partial charge in [0.05, 0.1) is 5.60 Å². The monoisotopic (exact) mass is 245 g/mol. The van der Waals surface area contributed by atoms with Gasteiger partial charge in [-0.1, -0.05) is 6.07 Å². The van der Waals surface area contributed by atoms with Gasteiger partial charge in [-0.25, -0.2) is 4.39 Å². The van der Waals surface area contributed by atoms with Crippen LogP contribution in [0.5, 0.6) is 0 Å². The van der Waals surface area contributed by atoms with Crippen LogP contribution < -0.4 is 0 Å². The van der Waals surface area contributed by atoms with Crippen LogP contribution in [0.25, 0.3) is 11.1 Å². The van der Waals surface area contributed by atoms with Crippen molar-refractivity contribution in [2.24, 2.45) is 0 Å². The topological polar surface area (TPSA) is 33.1 Å². The van der Waals surface area contributed by atoms with Crippen molar-refractivity contribution in [3.8, 4) is 11.1 Å².